The smallest absolute Gasteiger partial charge is 0.0254 e. The predicted octanol–water partition coefficient (Wildman–Crippen LogP) is 2.18. The lowest BCUT2D eigenvalue weighted by atomic mass is 9.95. The van der Waals surface area contributed by atoms with E-state index < -0.39 is 0 Å². The van der Waals surface area contributed by atoms with E-state index in [0.29, 0.717) is 0 Å². The number of nitrogens with zero attached hydrogens (tertiary/aromatic N) is 2. The summed E-state index contributed by atoms with van der Waals surface area (Å²) in [6, 6.07) is 1.58. The van der Waals surface area contributed by atoms with Crippen molar-refractivity contribution in [3.8, 4) is 0 Å². The molecule has 1 aliphatic carbocycles. The Bertz CT molecular complexity index is 248. The van der Waals surface area contributed by atoms with E-state index in [2.05, 4.69) is 36.1 Å². The number of nitrogens with one attached hydrogen (secondary N) is 1. The lowest BCUT2D eigenvalue weighted by Crippen LogP contribution is -2.35. The van der Waals surface area contributed by atoms with Crippen LogP contribution in [0.15, 0.2) is 0 Å². The molecular formula is C16H33N3. The highest BCUT2D eigenvalue weighted by Gasteiger charge is 2.30. The van der Waals surface area contributed by atoms with E-state index in [0.717, 1.165) is 18.0 Å². The van der Waals surface area contributed by atoms with Gasteiger partial charge in [-0.05, 0) is 52.4 Å². The van der Waals surface area contributed by atoms with Crippen LogP contribution in [0.2, 0.25) is 0 Å². The molecule has 0 bridgehead atoms. The lowest BCUT2D eigenvalue weighted by Gasteiger charge is -2.24. The van der Waals surface area contributed by atoms with Gasteiger partial charge in [0.05, 0.1) is 0 Å². The molecule has 0 aromatic rings. The van der Waals surface area contributed by atoms with Crippen LogP contribution in [0.1, 0.15) is 45.4 Å². The zero-order chi connectivity index (χ0) is 13.7. The first-order valence-electron chi connectivity index (χ1n) is 8.29. The Hall–Kier alpha value is -0.120. The summed E-state index contributed by atoms with van der Waals surface area (Å²) in [5, 5.41) is 3.75. The maximum absolute atomic E-state index is 3.75. The molecule has 2 unspecified atom stereocenters. The van der Waals surface area contributed by atoms with Gasteiger partial charge in [0.2, 0.25) is 0 Å². The van der Waals surface area contributed by atoms with E-state index in [4.69, 9.17) is 0 Å². The summed E-state index contributed by atoms with van der Waals surface area (Å²) in [6.45, 7) is 7.42. The van der Waals surface area contributed by atoms with Gasteiger partial charge in [-0.15, -0.1) is 0 Å². The van der Waals surface area contributed by atoms with Gasteiger partial charge in [0.1, 0.15) is 0 Å². The van der Waals surface area contributed by atoms with Gasteiger partial charge in [0.15, 0.2) is 0 Å². The molecule has 112 valence electrons. The minimum atomic E-state index is 0.756. The Balaban J connectivity index is 1.56. The number of rotatable bonds is 6. The lowest BCUT2D eigenvalue weighted by molar-refractivity contribution is 0.250. The van der Waals surface area contributed by atoms with E-state index in [-0.39, 0.29) is 0 Å². The van der Waals surface area contributed by atoms with Gasteiger partial charge >= 0.3 is 0 Å². The van der Waals surface area contributed by atoms with Crippen molar-refractivity contribution in [2.45, 2.75) is 57.5 Å². The van der Waals surface area contributed by atoms with Crippen molar-refractivity contribution in [2.24, 2.45) is 5.92 Å². The fraction of sp³-hybridized carbons (Fsp3) is 1.00. The van der Waals surface area contributed by atoms with Crippen LogP contribution < -0.4 is 5.32 Å². The normalized spacial score (nSPS) is 30.3. The standard InChI is InChI=1S/C16H33N3/c1-14-12-19(13-16(14)18(2)3)11-7-10-17-15-8-5-4-6-9-15/h14-17H,4-13H2,1-3H3. The Labute approximate surface area is 119 Å². The van der Waals surface area contributed by atoms with Gasteiger partial charge in [0.25, 0.3) is 0 Å². The maximum atomic E-state index is 3.75. The van der Waals surface area contributed by atoms with Crippen molar-refractivity contribution >= 4 is 0 Å². The number of likely N-dealkylation sites (N-methyl/N-ethyl adjacent to an activating group) is 1. The zero-order valence-electron chi connectivity index (χ0n) is 13.2. The average Bonchev–Trinajstić information content (AvgIpc) is 2.77. The van der Waals surface area contributed by atoms with Crippen molar-refractivity contribution in [1.82, 2.24) is 15.1 Å². The van der Waals surface area contributed by atoms with Gasteiger partial charge in [-0.2, -0.15) is 0 Å². The highest BCUT2D eigenvalue weighted by Crippen LogP contribution is 2.20. The van der Waals surface area contributed by atoms with Crippen molar-refractivity contribution in [3.05, 3.63) is 0 Å². The van der Waals surface area contributed by atoms with Crippen LogP contribution in [0.25, 0.3) is 0 Å². The minimum Gasteiger partial charge on any atom is -0.314 e. The largest absolute Gasteiger partial charge is 0.314 e. The van der Waals surface area contributed by atoms with Crippen LogP contribution >= 0.6 is 0 Å². The summed E-state index contributed by atoms with van der Waals surface area (Å²) in [4.78, 5) is 5.04. The number of likely N-dealkylation sites (tertiary alicyclic amines) is 1. The topological polar surface area (TPSA) is 18.5 Å². The Morgan fingerprint density at radius 1 is 1.11 bits per heavy atom. The van der Waals surface area contributed by atoms with Gasteiger partial charge in [-0.1, -0.05) is 26.2 Å². The molecule has 3 heteroatoms. The van der Waals surface area contributed by atoms with Gasteiger partial charge in [-0.3, -0.25) is 0 Å². The molecular weight excluding hydrogens is 234 g/mol. The predicted molar refractivity (Wildman–Crippen MR) is 82.6 cm³/mol. The van der Waals surface area contributed by atoms with Crippen molar-refractivity contribution < 1.29 is 0 Å². The van der Waals surface area contributed by atoms with Crippen LogP contribution in [0.3, 0.4) is 0 Å². The fourth-order valence-electron chi connectivity index (χ4n) is 3.82. The van der Waals surface area contributed by atoms with E-state index in [1.807, 2.05) is 0 Å². The molecule has 2 fully saturated rings. The van der Waals surface area contributed by atoms with Crippen molar-refractivity contribution in [2.75, 3.05) is 40.3 Å². The molecule has 19 heavy (non-hydrogen) atoms. The van der Waals surface area contributed by atoms with E-state index in [1.165, 1.54) is 64.7 Å². The number of hydrogen-bond donors (Lipinski definition) is 1. The van der Waals surface area contributed by atoms with Gasteiger partial charge in [-0.25, -0.2) is 0 Å². The third kappa shape index (κ3) is 4.73. The second-order valence-corrected chi connectivity index (χ2v) is 6.91. The molecule has 0 aromatic heterocycles. The quantitative estimate of drug-likeness (QED) is 0.744. The SMILES string of the molecule is CC1CN(CCCNC2CCCCC2)CC1N(C)C. The minimum absolute atomic E-state index is 0.756. The Morgan fingerprint density at radius 3 is 2.47 bits per heavy atom. The molecule has 1 heterocycles. The first-order valence-corrected chi connectivity index (χ1v) is 8.29. The van der Waals surface area contributed by atoms with E-state index in [9.17, 15) is 0 Å². The first kappa shape index (κ1) is 15.3. The highest BCUT2D eigenvalue weighted by molar-refractivity contribution is 4.86. The molecule has 3 nitrogen and oxygen atoms in total. The molecule has 0 amide bonds. The average molecular weight is 267 g/mol. The van der Waals surface area contributed by atoms with Crippen LogP contribution in [0.4, 0.5) is 0 Å². The monoisotopic (exact) mass is 267 g/mol. The summed E-state index contributed by atoms with van der Waals surface area (Å²) in [5.74, 6) is 0.821. The molecule has 2 atom stereocenters. The Kier molecular flexibility index (Phi) is 6.11. The molecule has 1 saturated heterocycles. The Morgan fingerprint density at radius 2 is 1.84 bits per heavy atom. The van der Waals surface area contributed by atoms with Crippen LogP contribution in [0.5, 0.6) is 0 Å². The summed E-state index contributed by atoms with van der Waals surface area (Å²) in [7, 11) is 4.44. The molecule has 2 aliphatic rings. The molecule has 1 aliphatic heterocycles. The maximum Gasteiger partial charge on any atom is 0.0254 e. The second kappa shape index (κ2) is 7.61. The molecule has 1 saturated carbocycles. The van der Waals surface area contributed by atoms with Crippen LogP contribution in [-0.4, -0.2) is 62.2 Å². The third-order valence-electron chi connectivity index (χ3n) is 5.00. The van der Waals surface area contributed by atoms with Crippen LogP contribution in [0, 0.1) is 5.92 Å². The van der Waals surface area contributed by atoms with E-state index in [1.54, 1.807) is 0 Å². The zero-order valence-corrected chi connectivity index (χ0v) is 13.2. The summed E-state index contributed by atoms with van der Waals surface area (Å²) in [5.41, 5.74) is 0. The molecule has 0 aromatic carbocycles. The van der Waals surface area contributed by atoms with Crippen LogP contribution in [-0.2, 0) is 0 Å². The van der Waals surface area contributed by atoms with Crippen molar-refractivity contribution in [3.63, 3.8) is 0 Å². The van der Waals surface area contributed by atoms with Crippen molar-refractivity contribution in [1.29, 1.82) is 0 Å². The second-order valence-electron chi connectivity index (χ2n) is 6.91. The number of hydrogen-bond acceptors (Lipinski definition) is 3. The fourth-order valence-corrected chi connectivity index (χ4v) is 3.82. The van der Waals surface area contributed by atoms with E-state index >= 15 is 0 Å². The molecule has 0 radical (unpaired) electrons. The summed E-state index contributed by atoms with van der Waals surface area (Å²) in [6.07, 6.45) is 8.45. The molecule has 0 spiro atoms. The van der Waals surface area contributed by atoms with Gasteiger partial charge in [0, 0.05) is 25.2 Å². The van der Waals surface area contributed by atoms with Gasteiger partial charge < -0.3 is 15.1 Å². The highest BCUT2D eigenvalue weighted by atomic mass is 15.2. The molecule has 1 N–H and O–H groups in total. The summed E-state index contributed by atoms with van der Waals surface area (Å²) >= 11 is 0. The molecule has 2 rings (SSSR count). The first-order chi connectivity index (χ1) is 9.16. The summed E-state index contributed by atoms with van der Waals surface area (Å²) < 4.78 is 0. The third-order valence-corrected chi connectivity index (χ3v) is 5.00.